The molecule has 230 valence electrons. The zero-order chi connectivity index (χ0) is 29.6. The molecule has 2 aliphatic rings. The minimum atomic E-state index is -0.989. The lowest BCUT2D eigenvalue weighted by Gasteiger charge is -2.37. The molecule has 0 aromatic heterocycles. The van der Waals surface area contributed by atoms with Gasteiger partial charge in [-0.25, -0.2) is 0 Å². The van der Waals surface area contributed by atoms with Crippen LogP contribution in [0.2, 0.25) is 5.02 Å². The van der Waals surface area contributed by atoms with Crippen molar-refractivity contribution in [2.45, 2.75) is 29.6 Å². The second-order valence-corrected chi connectivity index (χ2v) is 11.9. The van der Waals surface area contributed by atoms with E-state index in [2.05, 4.69) is 15.9 Å². The summed E-state index contributed by atoms with van der Waals surface area (Å²) in [6.45, 7) is 6.33. The number of halogens is 2. The Morgan fingerprint density at radius 3 is 2.33 bits per heavy atom. The SMILES string of the molecule is COc1ccc([C@@H]2Sc3cc(Cl)ccc3N(CCCN3CCN(c4ccccc4OC)CC3)C(=O)C2OC(C)=O)cc1.Cl. The zero-order valence-corrected chi connectivity index (χ0v) is 26.9. The minimum Gasteiger partial charge on any atom is -0.497 e. The van der Waals surface area contributed by atoms with E-state index in [0.717, 1.165) is 66.7 Å². The molecule has 0 spiro atoms. The molecule has 0 aliphatic carbocycles. The number of thioether (sulfide) groups is 1. The van der Waals surface area contributed by atoms with Gasteiger partial charge in [0.2, 0.25) is 0 Å². The summed E-state index contributed by atoms with van der Waals surface area (Å²) < 4.78 is 16.6. The van der Waals surface area contributed by atoms with Crippen molar-refractivity contribution in [1.29, 1.82) is 0 Å². The van der Waals surface area contributed by atoms with Gasteiger partial charge in [0, 0.05) is 49.6 Å². The molecule has 43 heavy (non-hydrogen) atoms. The van der Waals surface area contributed by atoms with Crippen molar-refractivity contribution in [3.63, 3.8) is 0 Å². The molecule has 11 heteroatoms. The van der Waals surface area contributed by atoms with Crippen LogP contribution >= 0.6 is 35.8 Å². The number of esters is 1. The third-order valence-electron chi connectivity index (χ3n) is 7.64. The molecule has 3 aromatic rings. The molecule has 0 N–H and O–H groups in total. The lowest BCUT2D eigenvalue weighted by Crippen LogP contribution is -2.48. The number of ether oxygens (including phenoxy) is 3. The summed E-state index contributed by atoms with van der Waals surface area (Å²) in [7, 11) is 3.31. The van der Waals surface area contributed by atoms with Gasteiger partial charge in [-0.15, -0.1) is 24.2 Å². The van der Waals surface area contributed by atoms with Crippen LogP contribution in [0.1, 0.15) is 24.2 Å². The topological polar surface area (TPSA) is 71.6 Å². The number of rotatable bonds is 9. The first-order valence-corrected chi connectivity index (χ1v) is 15.3. The molecular weight excluding hydrogens is 609 g/mol. The van der Waals surface area contributed by atoms with Gasteiger partial charge in [-0.05, 0) is 61.0 Å². The highest BCUT2D eigenvalue weighted by atomic mass is 35.5. The monoisotopic (exact) mass is 645 g/mol. The molecule has 2 atom stereocenters. The molecule has 2 aliphatic heterocycles. The fourth-order valence-corrected chi connectivity index (χ4v) is 7.11. The number of benzene rings is 3. The summed E-state index contributed by atoms with van der Waals surface area (Å²) in [6, 6.07) is 21.2. The van der Waals surface area contributed by atoms with Crippen molar-refractivity contribution in [3.05, 3.63) is 77.3 Å². The van der Waals surface area contributed by atoms with E-state index in [1.54, 1.807) is 25.2 Å². The Kier molecular flexibility index (Phi) is 11.5. The third-order valence-corrected chi connectivity index (χ3v) is 9.23. The Morgan fingerprint density at radius 2 is 1.65 bits per heavy atom. The maximum absolute atomic E-state index is 14.1. The van der Waals surface area contributed by atoms with Crippen molar-refractivity contribution < 1.29 is 23.8 Å². The molecule has 2 heterocycles. The van der Waals surface area contributed by atoms with E-state index in [1.165, 1.54) is 18.7 Å². The van der Waals surface area contributed by atoms with E-state index in [9.17, 15) is 9.59 Å². The van der Waals surface area contributed by atoms with Gasteiger partial charge in [0.05, 0.1) is 30.8 Å². The van der Waals surface area contributed by atoms with Crippen molar-refractivity contribution in [2.24, 2.45) is 0 Å². The fourth-order valence-electron chi connectivity index (χ4n) is 5.52. The van der Waals surface area contributed by atoms with Crippen molar-refractivity contribution in [3.8, 4) is 11.5 Å². The van der Waals surface area contributed by atoms with Gasteiger partial charge in [-0.3, -0.25) is 14.5 Å². The highest BCUT2D eigenvalue weighted by Gasteiger charge is 2.41. The molecule has 1 saturated heterocycles. The first kappa shape index (κ1) is 32.8. The predicted molar refractivity (Wildman–Crippen MR) is 174 cm³/mol. The number of hydrogen-bond acceptors (Lipinski definition) is 8. The standard InChI is InChI=1S/C32H36ClN3O5S.ClH/c1-22(37)41-30-31(23-9-12-25(39-2)13-10-23)42-29-21-24(33)11-14-27(29)36(32(30)38)16-6-15-34-17-19-35(20-18-34)26-7-4-5-8-28(26)40-3;/h4-5,7-14,21,30-31H,6,15-20H2,1-3H3;1H/t30?,31-;/m0./s1. The van der Waals surface area contributed by atoms with Crippen LogP contribution in [-0.4, -0.2) is 76.4 Å². The Balaban J connectivity index is 0.00000423. The van der Waals surface area contributed by atoms with Gasteiger partial charge in [-0.1, -0.05) is 35.9 Å². The molecule has 1 amide bonds. The summed E-state index contributed by atoms with van der Waals surface area (Å²) in [5, 5.41) is 0.138. The number of carbonyl (C=O) groups is 2. The van der Waals surface area contributed by atoms with E-state index in [-0.39, 0.29) is 18.3 Å². The number of fused-ring (bicyclic) bond motifs is 1. The van der Waals surface area contributed by atoms with Crippen LogP contribution in [0.15, 0.2) is 71.6 Å². The van der Waals surface area contributed by atoms with Gasteiger partial charge in [0.1, 0.15) is 11.5 Å². The van der Waals surface area contributed by atoms with Crippen LogP contribution in [0.4, 0.5) is 11.4 Å². The zero-order valence-electron chi connectivity index (χ0n) is 24.5. The Hall–Kier alpha value is -3.11. The van der Waals surface area contributed by atoms with Gasteiger partial charge >= 0.3 is 5.97 Å². The maximum atomic E-state index is 14.1. The number of methoxy groups -OCH3 is 2. The Bertz CT molecular complexity index is 1400. The molecule has 0 radical (unpaired) electrons. The Labute approximate surface area is 268 Å². The second kappa shape index (κ2) is 15.1. The van der Waals surface area contributed by atoms with E-state index < -0.39 is 17.3 Å². The number of piperazine rings is 1. The van der Waals surface area contributed by atoms with Crippen LogP contribution < -0.4 is 19.3 Å². The molecule has 0 bridgehead atoms. The average Bonchev–Trinajstić information content (AvgIpc) is 3.11. The number of carbonyl (C=O) groups excluding carboxylic acids is 2. The van der Waals surface area contributed by atoms with Crippen molar-refractivity contribution in [1.82, 2.24) is 4.90 Å². The van der Waals surface area contributed by atoms with Crippen molar-refractivity contribution >= 4 is 59.0 Å². The van der Waals surface area contributed by atoms with Crippen LogP contribution in [0.5, 0.6) is 11.5 Å². The molecule has 5 rings (SSSR count). The number of nitrogens with zero attached hydrogens (tertiary/aromatic N) is 3. The number of para-hydroxylation sites is 2. The van der Waals surface area contributed by atoms with Gasteiger partial charge < -0.3 is 24.0 Å². The van der Waals surface area contributed by atoms with E-state index in [0.29, 0.717) is 17.3 Å². The highest BCUT2D eigenvalue weighted by Crippen LogP contribution is 2.47. The summed E-state index contributed by atoms with van der Waals surface area (Å²) in [5.74, 6) is 0.865. The lowest BCUT2D eigenvalue weighted by atomic mass is 10.1. The van der Waals surface area contributed by atoms with Gasteiger partial charge in [-0.2, -0.15) is 0 Å². The first-order chi connectivity index (χ1) is 20.4. The normalized spacial score (nSPS) is 18.7. The average molecular weight is 647 g/mol. The first-order valence-electron chi connectivity index (χ1n) is 14.1. The van der Waals surface area contributed by atoms with E-state index in [1.807, 2.05) is 54.6 Å². The maximum Gasteiger partial charge on any atom is 0.303 e. The molecule has 3 aromatic carbocycles. The predicted octanol–water partition coefficient (Wildman–Crippen LogP) is 6.10. The number of hydrogen-bond donors (Lipinski definition) is 0. The van der Waals surface area contributed by atoms with Crippen molar-refractivity contribution in [2.75, 3.05) is 63.3 Å². The summed E-state index contributed by atoms with van der Waals surface area (Å²) in [4.78, 5) is 33.8. The lowest BCUT2D eigenvalue weighted by molar-refractivity contribution is -0.152. The Morgan fingerprint density at radius 1 is 0.930 bits per heavy atom. The summed E-state index contributed by atoms with van der Waals surface area (Å²) in [6.07, 6.45) is -0.218. The van der Waals surface area contributed by atoms with E-state index in [4.69, 9.17) is 25.8 Å². The molecule has 1 fully saturated rings. The van der Waals surface area contributed by atoms with E-state index >= 15 is 0 Å². The summed E-state index contributed by atoms with van der Waals surface area (Å²) >= 11 is 7.90. The van der Waals surface area contributed by atoms with Crippen LogP contribution in [0.25, 0.3) is 0 Å². The quantitative estimate of drug-likeness (QED) is 0.259. The number of anilines is 2. The fraction of sp³-hybridized carbons (Fsp3) is 0.375. The largest absolute Gasteiger partial charge is 0.497 e. The molecular formula is C32H37Cl2N3O5S. The second-order valence-electron chi connectivity index (χ2n) is 10.3. The van der Waals surface area contributed by atoms with Crippen LogP contribution in [0.3, 0.4) is 0 Å². The van der Waals surface area contributed by atoms with Gasteiger partial charge in [0.25, 0.3) is 5.91 Å². The molecule has 0 saturated carbocycles. The highest BCUT2D eigenvalue weighted by molar-refractivity contribution is 7.99. The summed E-state index contributed by atoms with van der Waals surface area (Å²) in [5.41, 5.74) is 2.76. The van der Waals surface area contributed by atoms with Gasteiger partial charge in [0.15, 0.2) is 6.10 Å². The van der Waals surface area contributed by atoms with Crippen LogP contribution in [-0.2, 0) is 14.3 Å². The third kappa shape index (κ3) is 7.70. The smallest absolute Gasteiger partial charge is 0.303 e. The minimum absolute atomic E-state index is 0. The number of amides is 1. The molecule has 1 unspecified atom stereocenters. The molecule has 8 nitrogen and oxygen atoms in total. The van der Waals surface area contributed by atoms with Crippen LogP contribution in [0, 0.1) is 0 Å².